The van der Waals surface area contributed by atoms with E-state index in [1.807, 2.05) is 4.90 Å². The summed E-state index contributed by atoms with van der Waals surface area (Å²) in [7, 11) is -1.58. The molecule has 204 valence electrons. The zero-order valence-electron chi connectivity index (χ0n) is 20.9. The van der Waals surface area contributed by atoms with E-state index in [9.17, 15) is 22.2 Å². The Hall–Kier alpha value is -2.86. The summed E-state index contributed by atoms with van der Waals surface area (Å²) in [4.78, 5) is 20.2. The van der Waals surface area contributed by atoms with Crippen LogP contribution in [-0.4, -0.2) is 60.9 Å². The number of halogens is 4. The van der Waals surface area contributed by atoms with E-state index in [0.29, 0.717) is 23.0 Å². The summed E-state index contributed by atoms with van der Waals surface area (Å²) in [6.45, 7) is 2.74. The number of hydrogen-bond acceptors (Lipinski definition) is 6. The Morgan fingerprint density at radius 3 is 2.50 bits per heavy atom. The van der Waals surface area contributed by atoms with Gasteiger partial charge < -0.3 is 9.80 Å². The molecule has 1 aromatic carbocycles. The molecule has 4 heterocycles. The van der Waals surface area contributed by atoms with Crippen molar-refractivity contribution < 1.29 is 22.2 Å². The number of nitrogens with one attached hydrogen (secondary N) is 1. The van der Waals surface area contributed by atoms with E-state index in [2.05, 4.69) is 17.0 Å². The maximum Gasteiger partial charge on any atom is 0.413 e. The minimum Gasteiger partial charge on any atom is -0.339 e. The van der Waals surface area contributed by atoms with Crippen molar-refractivity contribution in [1.82, 2.24) is 19.5 Å². The molecule has 3 aromatic rings. The maximum atomic E-state index is 14.2. The number of carbonyl (C=O) groups excluding carboxylic acids is 1. The number of benzene rings is 1. The number of hydrogen-bond donors (Lipinski definition) is 1. The van der Waals surface area contributed by atoms with Crippen LogP contribution in [-0.2, 0) is 14.5 Å². The van der Waals surface area contributed by atoms with Crippen LogP contribution >= 0.6 is 11.6 Å². The number of carbonyl (C=O) groups is 1. The van der Waals surface area contributed by atoms with Crippen LogP contribution in [0.25, 0.3) is 5.65 Å². The molecule has 1 unspecified atom stereocenters. The zero-order valence-corrected chi connectivity index (χ0v) is 22.5. The summed E-state index contributed by atoms with van der Waals surface area (Å²) >= 11 is 6.09. The van der Waals surface area contributed by atoms with Crippen LogP contribution in [0.15, 0.2) is 36.5 Å². The third-order valence-electron chi connectivity index (χ3n) is 7.52. The standard InChI is InChI=1S/C25H28ClF3N6O2S/c1-15-7-10-34(19-14-31-21-13-20(26)32-35(21)22(15)19)18-5-3-16(4-6-18)23(25(27,28)29)33(2)24(36)17-8-11-38(30,37)12-9-17/h3-6,13-15,17,23,30H,7-12H2,1-2H3/t15?,17?,23-,38?/m0/s1. The van der Waals surface area contributed by atoms with E-state index < -0.39 is 33.8 Å². The molecule has 2 aliphatic heterocycles. The Morgan fingerprint density at radius 2 is 1.87 bits per heavy atom. The van der Waals surface area contributed by atoms with Gasteiger partial charge >= 0.3 is 6.18 Å². The lowest BCUT2D eigenvalue weighted by Crippen LogP contribution is -2.44. The predicted molar refractivity (Wildman–Crippen MR) is 139 cm³/mol. The van der Waals surface area contributed by atoms with Gasteiger partial charge in [-0.05, 0) is 37.0 Å². The van der Waals surface area contributed by atoms with Crippen molar-refractivity contribution in [3.05, 3.63) is 52.9 Å². The number of alkyl halides is 3. The first kappa shape index (κ1) is 26.7. The molecule has 0 spiro atoms. The summed E-state index contributed by atoms with van der Waals surface area (Å²) in [6, 6.07) is 5.62. The van der Waals surface area contributed by atoms with Crippen LogP contribution in [0.4, 0.5) is 24.5 Å². The second kappa shape index (κ2) is 9.71. The second-order valence-electron chi connectivity index (χ2n) is 10.1. The first-order chi connectivity index (χ1) is 17.9. The Balaban J connectivity index is 1.43. The van der Waals surface area contributed by atoms with Crippen molar-refractivity contribution in [3.8, 4) is 0 Å². The first-order valence-electron chi connectivity index (χ1n) is 12.3. The van der Waals surface area contributed by atoms with Gasteiger partial charge in [-0.2, -0.15) is 18.3 Å². The molecule has 2 aromatic heterocycles. The van der Waals surface area contributed by atoms with Crippen molar-refractivity contribution in [2.24, 2.45) is 5.92 Å². The number of fused-ring (bicyclic) bond motifs is 3. The normalized spacial score (nSPS) is 24.7. The molecular formula is C25H28ClF3N6O2S. The molecule has 0 bridgehead atoms. The average Bonchev–Trinajstić information content (AvgIpc) is 3.24. The van der Waals surface area contributed by atoms with Crippen molar-refractivity contribution >= 4 is 44.3 Å². The molecule has 2 aliphatic rings. The molecule has 1 saturated heterocycles. The van der Waals surface area contributed by atoms with Crippen molar-refractivity contribution in [2.45, 2.75) is 44.3 Å². The van der Waals surface area contributed by atoms with Gasteiger partial charge in [-0.25, -0.2) is 13.7 Å². The SMILES string of the molecule is CC1CCN(c2ccc([C@H](N(C)C(=O)C3CCS(=N)(=O)CC3)C(F)(F)F)cc2)c2cnc3cc(Cl)nn3c21. The lowest BCUT2D eigenvalue weighted by Gasteiger charge is -2.35. The number of anilines is 2. The van der Waals surface area contributed by atoms with Gasteiger partial charge in [-0.3, -0.25) is 9.57 Å². The van der Waals surface area contributed by atoms with Gasteiger partial charge in [0.25, 0.3) is 0 Å². The minimum absolute atomic E-state index is 0.0322. The molecular weight excluding hydrogens is 541 g/mol. The van der Waals surface area contributed by atoms with Crippen LogP contribution in [0.2, 0.25) is 5.15 Å². The van der Waals surface area contributed by atoms with Gasteiger partial charge in [0.2, 0.25) is 5.91 Å². The highest BCUT2D eigenvalue weighted by molar-refractivity contribution is 7.92. The summed E-state index contributed by atoms with van der Waals surface area (Å²) in [5.74, 6) is -1.07. The summed E-state index contributed by atoms with van der Waals surface area (Å²) in [6.07, 6.45) is -1.84. The van der Waals surface area contributed by atoms with Gasteiger partial charge in [0.05, 0.1) is 17.6 Å². The van der Waals surface area contributed by atoms with E-state index >= 15 is 0 Å². The molecule has 0 aliphatic carbocycles. The Bertz CT molecular complexity index is 1460. The maximum absolute atomic E-state index is 14.2. The summed E-state index contributed by atoms with van der Waals surface area (Å²) in [5.41, 5.74) is 3.03. The third kappa shape index (κ3) is 4.95. The van der Waals surface area contributed by atoms with Gasteiger partial charge in [0.1, 0.15) is 0 Å². The monoisotopic (exact) mass is 568 g/mol. The lowest BCUT2D eigenvalue weighted by molar-refractivity contribution is -0.190. The highest BCUT2D eigenvalue weighted by atomic mass is 35.5. The number of amides is 1. The first-order valence-corrected chi connectivity index (χ1v) is 14.6. The van der Waals surface area contributed by atoms with E-state index in [4.69, 9.17) is 16.4 Å². The van der Waals surface area contributed by atoms with Crippen molar-refractivity contribution in [3.63, 3.8) is 0 Å². The molecule has 5 rings (SSSR count). The van der Waals surface area contributed by atoms with Crippen molar-refractivity contribution in [1.29, 1.82) is 4.78 Å². The fourth-order valence-corrected chi connectivity index (χ4v) is 7.18. The summed E-state index contributed by atoms with van der Waals surface area (Å²) in [5, 5.41) is 4.69. The minimum atomic E-state index is -4.69. The lowest BCUT2D eigenvalue weighted by atomic mass is 9.95. The molecule has 1 amide bonds. The van der Waals surface area contributed by atoms with E-state index in [0.717, 1.165) is 29.7 Å². The van der Waals surface area contributed by atoms with Gasteiger partial charge in [-0.1, -0.05) is 30.7 Å². The summed E-state index contributed by atoms with van der Waals surface area (Å²) < 4.78 is 64.1. The van der Waals surface area contributed by atoms with E-state index in [1.54, 1.807) is 28.9 Å². The molecule has 1 fully saturated rings. The smallest absolute Gasteiger partial charge is 0.339 e. The molecule has 8 nitrogen and oxygen atoms in total. The fourth-order valence-electron chi connectivity index (χ4n) is 5.47. The molecule has 13 heteroatoms. The zero-order chi connectivity index (χ0) is 27.4. The number of aromatic nitrogens is 3. The molecule has 38 heavy (non-hydrogen) atoms. The van der Waals surface area contributed by atoms with E-state index in [1.165, 1.54) is 12.1 Å². The van der Waals surface area contributed by atoms with Gasteiger partial charge in [0.15, 0.2) is 16.8 Å². The third-order valence-corrected chi connectivity index (χ3v) is 9.50. The number of nitrogens with zero attached hydrogens (tertiary/aromatic N) is 5. The quantitative estimate of drug-likeness (QED) is 0.445. The van der Waals surface area contributed by atoms with Gasteiger partial charge in [-0.15, -0.1) is 0 Å². The highest BCUT2D eigenvalue weighted by Gasteiger charge is 2.46. The second-order valence-corrected chi connectivity index (χ2v) is 12.9. The van der Waals surface area contributed by atoms with Crippen LogP contribution < -0.4 is 4.90 Å². The number of rotatable bonds is 4. The predicted octanol–water partition coefficient (Wildman–Crippen LogP) is 5.55. The molecule has 0 saturated carbocycles. The van der Waals surface area contributed by atoms with Crippen molar-refractivity contribution in [2.75, 3.05) is 30.0 Å². The Kier molecular flexibility index (Phi) is 6.83. The van der Waals surface area contributed by atoms with Crippen LogP contribution in [0.5, 0.6) is 0 Å². The molecule has 0 radical (unpaired) electrons. The van der Waals surface area contributed by atoms with Crippen LogP contribution in [0.3, 0.4) is 0 Å². The highest BCUT2D eigenvalue weighted by Crippen LogP contribution is 2.42. The Labute approximate surface area is 223 Å². The topological polar surface area (TPSA) is 94.7 Å². The van der Waals surface area contributed by atoms with Crippen LogP contribution in [0.1, 0.15) is 49.4 Å². The van der Waals surface area contributed by atoms with Crippen LogP contribution in [0, 0.1) is 10.7 Å². The molecule has 2 atom stereocenters. The molecule has 1 N–H and O–H groups in total. The van der Waals surface area contributed by atoms with Gasteiger partial charge in [0, 0.05) is 58.4 Å². The average molecular weight is 569 g/mol. The Morgan fingerprint density at radius 1 is 1.21 bits per heavy atom. The largest absolute Gasteiger partial charge is 0.413 e. The van der Waals surface area contributed by atoms with E-state index in [-0.39, 0.29) is 35.8 Å². The fraction of sp³-hybridized carbons (Fsp3) is 0.480.